The molecule has 1 aromatic heterocycles. The van der Waals surface area contributed by atoms with E-state index in [0.717, 1.165) is 10.6 Å². The van der Waals surface area contributed by atoms with Crippen LogP contribution in [-0.2, 0) is 10.0 Å². The average Bonchev–Trinajstić information content (AvgIpc) is 2.47. The maximum absolute atomic E-state index is 12.7. The van der Waals surface area contributed by atoms with Crippen LogP contribution in [-0.4, -0.2) is 25.7 Å². The van der Waals surface area contributed by atoms with E-state index in [4.69, 9.17) is 5.73 Å². The number of nitrogen functional groups attached to an aromatic ring is 1. The van der Waals surface area contributed by atoms with Gasteiger partial charge in [-0.2, -0.15) is 0 Å². The van der Waals surface area contributed by atoms with Crippen molar-refractivity contribution in [3.63, 3.8) is 0 Å². The highest BCUT2D eigenvalue weighted by atomic mass is 32.2. The first-order valence-electron chi connectivity index (χ1n) is 6.04. The third-order valence-electron chi connectivity index (χ3n) is 3.03. The van der Waals surface area contributed by atoms with Gasteiger partial charge in [-0.1, -0.05) is 0 Å². The van der Waals surface area contributed by atoms with Crippen LogP contribution in [0.1, 0.15) is 0 Å². The highest BCUT2D eigenvalue weighted by Gasteiger charge is 2.29. The zero-order valence-corrected chi connectivity index (χ0v) is 12.2. The third kappa shape index (κ3) is 2.23. The third-order valence-corrected chi connectivity index (χ3v) is 5.87. The van der Waals surface area contributed by atoms with Gasteiger partial charge in [0, 0.05) is 35.3 Å². The molecule has 0 amide bonds. The summed E-state index contributed by atoms with van der Waals surface area (Å²) < 4.78 is 26.8. The highest BCUT2D eigenvalue weighted by Crippen LogP contribution is 2.38. The fourth-order valence-corrected chi connectivity index (χ4v) is 4.68. The predicted molar refractivity (Wildman–Crippen MR) is 80.3 cm³/mol. The van der Waals surface area contributed by atoms with Gasteiger partial charge in [0.05, 0.1) is 5.69 Å². The van der Waals surface area contributed by atoms with Crippen molar-refractivity contribution in [2.75, 3.05) is 22.3 Å². The maximum Gasteiger partial charge on any atom is 0.265 e. The fraction of sp³-hybridized carbons (Fsp3) is 0.154. The molecule has 3 rings (SSSR count). The second-order valence-electron chi connectivity index (χ2n) is 4.34. The number of benzene rings is 1. The molecule has 2 heterocycles. The average molecular weight is 307 g/mol. The predicted octanol–water partition coefficient (Wildman–Crippen LogP) is 1.96. The van der Waals surface area contributed by atoms with Gasteiger partial charge in [-0.15, -0.1) is 11.8 Å². The molecule has 7 heteroatoms. The van der Waals surface area contributed by atoms with Gasteiger partial charge in [0.1, 0.15) is 4.90 Å². The first-order chi connectivity index (χ1) is 9.59. The second-order valence-corrected chi connectivity index (χ2v) is 7.34. The van der Waals surface area contributed by atoms with Crippen molar-refractivity contribution in [1.29, 1.82) is 0 Å². The Hall–Kier alpha value is -1.73. The van der Waals surface area contributed by atoms with Gasteiger partial charge in [0.2, 0.25) is 0 Å². The molecule has 0 saturated heterocycles. The Labute approximate surface area is 121 Å². The zero-order chi connectivity index (χ0) is 14.2. The van der Waals surface area contributed by atoms with Gasteiger partial charge in [0.25, 0.3) is 10.0 Å². The lowest BCUT2D eigenvalue weighted by Gasteiger charge is -2.30. The number of nitrogens with zero attached hydrogens (tertiary/aromatic N) is 2. The summed E-state index contributed by atoms with van der Waals surface area (Å²) in [6, 6.07) is 8.52. The van der Waals surface area contributed by atoms with Crippen molar-refractivity contribution in [3.8, 4) is 0 Å². The quantitative estimate of drug-likeness (QED) is 0.858. The summed E-state index contributed by atoms with van der Waals surface area (Å²) in [7, 11) is -3.59. The van der Waals surface area contributed by atoms with Gasteiger partial charge in [-0.25, -0.2) is 8.42 Å². The summed E-state index contributed by atoms with van der Waals surface area (Å²) in [6.45, 7) is 0.429. The lowest BCUT2D eigenvalue weighted by atomic mass is 10.3. The molecule has 0 fully saturated rings. The molecule has 2 aromatic rings. The molecule has 0 radical (unpaired) electrons. The molecule has 1 aliphatic heterocycles. The van der Waals surface area contributed by atoms with Crippen LogP contribution in [0.4, 0.5) is 11.4 Å². The Kier molecular flexibility index (Phi) is 3.31. The molecule has 5 nitrogen and oxygen atoms in total. The van der Waals surface area contributed by atoms with E-state index in [0.29, 0.717) is 17.9 Å². The molecule has 1 aromatic carbocycles. The summed E-state index contributed by atoms with van der Waals surface area (Å²) in [5, 5.41) is 0. The maximum atomic E-state index is 12.7. The Morgan fingerprint density at radius 2 is 2.15 bits per heavy atom. The smallest absolute Gasteiger partial charge is 0.265 e. The number of hydrogen-bond acceptors (Lipinski definition) is 5. The molecule has 1 aliphatic rings. The summed E-state index contributed by atoms with van der Waals surface area (Å²) in [5.74, 6) is 0.719. The summed E-state index contributed by atoms with van der Waals surface area (Å²) >= 11 is 1.64. The van der Waals surface area contributed by atoms with E-state index >= 15 is 0 Å². The number of fused-ring (bicyclic) bond motifs is 1. The number of nitrogens with two attached hydrogens (primary N) is 1. The number of aromatic nitrogens is 1. The Bertz CT molecular complexity index is 733. The standard InChI is InChI=1S/C13H13N3O2S2/c14-10-3-4-13-12(8-10)16(6-7-19-13)20(17,18)11-2-1-5-15-9-11/h1-5,8-9H,6-7,14H2. The van der Waals surface area contributed by atoms with Crippen molar-refractivity contribution >= 4 is 33.2 Å². The molecular formula is C13H13N3O2S2. The summed E-state index contributed by atoms with van der Waals surface area (Å²) in [4.78, 5) is 5.01. The number of thioether (sulfide) groups is 1. The minimum Gasteiger partial charge on any atom is -0.399 e. The molecule has 2 N–H and O–H groups in total. The van der Waals surface area contributed by atoms with E-state index in [-0.39, 0.29) is 4.90 Å². The minimum absolute atomic E-state index is 0.195. The molecular weight excluding hydrogens is 294 g/mol. The van der Waals surface area contributed by atoms with Crippen molar-refractivity contribution in [1.82, 2.24) is 4.98 Å². The fourth-order valence-electron chi connectivity index (χ4n) is 2.09. The van der Waals surface area contributed by atoms with Crippen molar-refractivity contribution in [2.45, 2.75) is 9.79 Å². The molecule has 0 saturated carbocycles. The Balaban J connectivity index is 2.11. The summed E-state index contributed by atoms with van der Waals surface area (Å²) in [5.41, 5.74) is 6.98. The normalized spacial score (nSPS) is 14.9. The number of pyridine rings is 1. The van der Waals surface area contributed by atoms with Crippen LogP contribution in [0.15, 0.2) is 52.5 Å². The van der Waals surface area contributed by atoms with Gasteiger partial charge < -0.3 is 5.73 Å². The van der Waals surface area contributed by atoms with Crippen molar-refractivity contribution in [3.05, 3.63) is 42.7 Å². The van der Waals surface area contributed by atoms with Crippen molar-refractivity contribution < 1.29 is 8.42 Å². The van der Waals surface area contributed by atoms with Crippen LogP contribution in [0.2, 0.25) is 0 Å². The van der Waals surface area contributed by atoms with Crippen molar-refractivity contribution in [2.24, 2.45) is 0 Å². The first-order valence-corrected chi connectivity index (χ1v) is 8.47. The molecule has 0 spiro atoms. The van der Waals surface area contributed by atoms with Gasteiger partial charge in [-0.3, -0.25) is 9.29 Å². The topological polar surface area (TPSA) is 76.3 Å². The monoisotopic (exact) mass is 307 g/mol. The summed E-state index contributed by atoms with van der Waals surface area (Å²) in [6.07, 6.45) is 2.92. The van der Waals surface area contributed by atoms with E-state index in [2.05, 4.69) is 4.98 Å². The lowest BCUT2D eigenvalue weighted by Crippen LogP contribution is -2.35. The van der Waals surface area contributed by atoms with Gasteiger partial charge in [0.15, 0.2) is 0 Å². The molecule has 0 atom stereocenters. The number of sulfonamides is 1. The lowest BCUT2D eigenvalue weighted by molar-refractivity contribution is 0.591. The molecule has 0 unspecified atom stereocenters. The first kappa shape index (κ1) is 13.3. The Morgan fingerprint density at radius 1 is 1.30 bits per heavy atom. The van der Waals surface area contributed by atoms with E-state index in [9.17, 15) is 8.42 Å². The van der Waals surface area contributed by atoms with Crippen LogP contribution in [0, 0.1) is 0 Å². The molecule has 0 aliphatic carbocycles. The van der Waals surface area contributed by atoms with Crippen LogP contribution in [0.25, 0.3) is 0 Å². The van der Waals surface area contributed by atoms with Crippen LogP contribution < -0.4 is 10.0 Å². The Morgan fingerprint density at radius 3 is 2.90 bits per heavy atom. The molecule has 104 valence electrons. The molecule has 0 bridgehead atoms. The van der Waals surface area contributed by atoms with E-state index in [1.807, 2.05) is 6.07 Å². The van der Waals surface area contributed by atoms with E-state index in [1.54, 1.807) is 42.2 Å². The minimum atomic E-state index is -3.59. The van der Waals surface area contributed by atoms with E-state index in [1.165, 1.54) is 10.5 Å². The SMILES string of the molecule is Nc1ccc2c(c1)N(S(=O)(=O)c1cccnc1)CCS2. The number of rotatable bonds is 2. The van der Waals surface area contributed by atoms with Crippen LogP contribution >= 0.6 is 11.8 Å². The highest BCUT2D eigenvalue weighted by molar-refractivity contribution is 8.00. The number of anilines is 2. The number of hydrogen-bond donors (Lipinski definition) is 1. The van der Waals surface area contributed by atoms with Gasteiger partial charge in [-0.05, 0) is 30.3 Å². The zero-order valence-electron chi connectivity index (χ0n) is 10.6. The largest absolute Gasteiger partial charge is 0.399 e. The van der Waals surface area contributed by atoms with E-state index < -0.39 is 10.0 Å². The van der Waals surface area contributed by atoms with Crippen LogP contribution in [0.5, 0.6) is 0 Å². The second kappa shape index (κ2) is 4.99. The molecule has 20 heavy (non-hydrogen) atoms. The van der Waals surface area contributed by atoms with Gasteiger partial charge >= 0.3 is 0 Å². The van der Waals surface area contributed by atoms with Crippen LogP contribution in [0.3, 0.4) is 0 Å².